The maximum atomic E-state index is 4.81. The largest absolute Gasteiger partial charge is 0.362 e. The summed E-state index contributed by atoms with van der Waals surface area (Å²) in [6, 6.07) is 18.0. The van der Waals surface area contributed by atoms with E-state index in [0.29, 0.717) is 12.1 Å². The van der Waals surface area contributed by atoms with Crippen LogP contribution in [0.5, 0.6) is 0 Å². The molecule has 2 N–H and O–H groups in total. The molecule has 0 saturated heterocycles. The second kappa shape index (κ2) is 9.43. The molecule has 4 aromatic rings. The zero-order valence-electron chi connectivity index (χ0n) is 18.8. The Morgan fingerprint density at radius 3 is 2.44 bits per heavy atom. The summed E-state index contributed by atoms with van der Waals surface area (Å²) in [6.07, 6.45) is 5.77. The lowest BCUT2D eigenvalue weighted by molar-refractivity contribution is 0.355. The molecule has 0 spiro atoms. The third-order valence-corrected chi connectivity index (χ3v) is 7.47. The molecule has 32 heavy (non-hydrogen) atoms. The minimum absolute atomic E-state index is 0.435. The van der Waals surface area contributed by atoms with Crippen LogP contribution in [0.15, 0.2) is 53.9 Å². The summed E-state index contributed by atoms with van der Waals surface area (Å²) in [7, 11) is 4.07. The molecule has 5 nitrogen and oxygen atoms in total. The molecule has 1 fully saturated rings. The Balaban J connectivity index is 1.14. The Morgan fingerprint density at radius 1 is 0.906 bits per heavy atom. The highest BCUT2D eigenvalue weighted by atomic mass is 32.1. The molecule has 6 heteroatoms. The fourth-order valence-electron chi connectivity index (χ4n) is 4.73. The van der Waals surface area contributed by atoms with Crippen molar-refractivity contribution in [3.05, 3.63) is 59.5 Å². The highest BCUT2D eigenvalue weighted by Crippen LogP contribution is 2.27. The predicted octanol–water partition coefficient (Wildman–Crippen LogP) is 5.47. The third kappa shape index (κ3) is 4.57. The summed E-state index contributed by atoms with van der Waals surface area (Å²) in [4.78, 5) is 11.6. The Kier molecular flexibility index (Phi) is 6.23. The van der Waals surface area contributed by atoms with Gasteiger partial charge >= 0.3 is 0 Å². The van der Waals surface area contributed by atoms with Crippen molar-refractivity contribution in [2.24, 2.45) is 0 Å². The van der Waals surface area contributed by atoms with Crippen LogP contribution in [0.3, 0.4) is 0 Å². The number of para-hydroxylation sites is 1. The molecule has 0 bridgehead atoms. The topological polar surface area (TPSA) is 53.1 Å². The van der Waals surface area contributed by atoms with Crippen molar-refractivity contribution in [3.63, 3.8) is 0 Å². The molecule has 1 saturated carbocycles. The molecule has 0 radical (unpaired) electrons. The van der Waals surface area contributed by atoms with Gasteiger partial charge < -0.3 is 15.5 Å². The highest BCUT2D eigenvalue weighted by molar-refractivity contribution is 7.17. The molecule has 1 aliphatic carbocycles. The Hall–Kier alpha value is -2.70. The molecule has 166 valence electrons. The van der Waals surface area contributed by atoms with Crippen LogP contribution in [0.4, 0.5) is 11.8 Å². The van der Waals surface area contributed by atoms with Crippen LogP contribution in [0, 0.1) is 0 Å². The van der Waals surface area contributed by atoms with E-state index in [1.165, 1.54) is 28.5 Å². The molecule has 0 aliphatic heterocycles. The van der Waals surface area contributed by atoms with E-state index in [1.54, 1.807) is 0 Å². The molecule has 2 aromatic heterocycles. The third-order valence-electron chi connectivity index (χ3n) is 6.46. The molecule has 2 aromatic carbocycles. The van der Waals surface area contributed by atoms with Gasteiger partial charge in [0.05, 0.1) is 5.52 Å². The van der Waals surface area contributed by atoms with Gasteiger partial charge in [0.15, 0.2) is 0 Å². The quantitative estimate of drug-likeness (QED) is 0.395. The molecule has 0 atom stereocenters. The van der Waals surface area contributed by atoms with Crippen molar-refractivity contribution < 1.29 is 0 Å². The minimum Gasteiger partial charge on any atom is -0.362 e. The van der Waals surface area contributed by atoms with E-state index in [4.69, 9.17) is 9.97 Å². The monoisotopic (exact) mass is 445 g/mol. The minimum atomic E-state index is 0.435. The van der Waals surface area contributed by atoms with Gasteiger partial charge in [-0.2, -0.15) is 4.98 Å². The number of hydrogen-bond acceptors (Lipinski definition) is 6. The fourth-order valence-corrected chi connectivity index (χ4v) is 5.72. The first-order valence-electron chi connectivity index (χ1n) is 11.6. The first-order valence-corrected chi connectivity index (χ1v) is 12.4. The Morgan fingerprint density at radius 2 is 1.62 bits per heavy atom. The van der Waals surface area contributed by atoms with Crippen molar-refractivity contribution >= 4 is 44.1 Å². The van der Waals surface area contributed by atoms with E-state index in [-0.39, 0.29) is 0 Å². The number of hydrogen-bond donors (Lipinski definition) is 2. The molecule has 0 unspecified atom stereocenters. The summed E-state index contributed by atoms with van der Waals surface area (Å²) in [5.41, 5.74) is 2.46. The van der Waals surface area contributed by atoms with Crippen molar-refractivity contribution in [2.75, 3.05) is 30.9 Å². The first kappa shape index (κ1) is 21.2. The van der Waals surface area contributed by atoms with Crippen molar-refractivity contribution in [1.82, 2.24) is 15.3 Å². The maximum absolute atomic E-state index is 4.81. The average Bonchev–Trinajstić information content (AvgIpc) is 3.23. The standard InChI is InChI=1S/C26H31N5S/c1-31(2)25-22-8-3-5-9-23(22)29-26(30-25)28-20-13-11-19(12-14-20)27-16-15-18-17-32-24-10-6-4-7-21(18)24/h3-10,17,19-20,27H,11-16H2,1-2H3,(H,28,29,30)/t19-,20+. The summed E-state index contributed by atoms with van der Waals surface area (Å²) in [5.74, 6) is 1.71. The lowest BCUT2D eigenvalue weighted by Crippen LogP contribution is -2.38. The normalized spacial score (nSPS) is 18.8. The number of benzene rings is 2. The van der Waals surface area contributed by atoms with Gasteiger partial charge in [-0.25, -0.2) is 4.98 Å². The van der Waals surface area contributed by atoms with E-state index in [9.17, 15) is 0 Å². The SMILES string of the molecule is CN(C)c1nc(N[C@H]2CC[C@@H](NCCc3csc4ccccc34)CC2)nc2ccccc12. The Labute approximate surface area is 193 Å². The highest BCUT2D eigenvalue weighted by Gasteiger charge is 2.22. The average molecular weight is 446 g/mol. The molecule has 2 heterocycles. The summed E-state index contributed by atoms with van der Waals surface area (Å²) in [6.45, 7) is 1.05. The number of nitrogens with one attached hydrogen (secondary N) is 2. The summed E-state index contributed by atoms with van der Waals surface area (Å²) in [5, 5.41) is 12.2. The Bertz CT molecular complexity index is 1190. The zero-order valence-corrected chi connectivity index (χ0v) is 19.7. The molecule has 5 rings (SSSR count). The van der Waals surface area contributed by atoms with Crippen LogP contribution in [0.2, 0.25) is 0 Å². The second-order valence-corrected chi connectivity index (χ2v) is 9.85. The predicted molar refractivity (Wildman–Crippen MR) is 137 cm³/mol. The molecule has 1 aliphatic rings. The lowest BCUT2D eigenvalue weighted by Gasteiger charge is -2.30. The van der Waals surface area contributed by atoms with Crippen LogP contribution in [0.25, 0.3) is 21.0 Å². The van der Waals surface area contributed by atoms with Crippen LogP contribution in [-0.4, -0.2) is 42.7 Å². The van der Waals surface area contributed by atoms with Gasteiger partial charge in [-0.3, -0.25) is 0 Å². The van der Waals surface area contributed by atoms with Crippen molar-refractivity contribution in [3.8, 4) is 0 Å². The number of anilines is 2. The van der Waals surface area contributed by atoms with Crippen molar-refractivity contribution in [2.45, 2.75) is 44.2 Å². The maximum Gasteiger partial charge on any atom is 0.225 e. The van der Waals surface area contributed by atoms with Gasteiger partial charge in [-0.1, -0.05) is 30.3 Å². The first-order chi connectivity index (χ1) is 15.7. The summed E-state index contributed by atoms with van der Waals surface area (Å²) >= 11 is 1.85. The van der Waals surface area contributed by atoms with Gasteiger partial charge in [-0.05, 0) is 73.2 Å². The zero-order chi connectivity index (χ0) is 21.9. The molecular weight excluding hydrogens is 414 g/mol. The van der Waals surface area contributed by atoms with Gasteiger partial charge in [0.2, 0.25) is 5.95 Å². The van der Waals surface area contributed by atoms with E-state index in [2.05, 4.69) is 57.3 Å². The molecule has 0 amide bonds. The van der Waals surface area contributed by atoms with Crippen LogP contribution >= 0.6 is 11.3 Å². The second-order valence-electron chi connectivity index (χ2n) is 8.94. The van der Waals surface area contributed by atoms with E-state index in [1.807, 2.05) is 37.6 Å². The van der Waals surface area contributed by atoms with Crippen LogP contribution in [0.1, 0.15) is 31.2 Å². The lowest BCUT2D eigenvalue weighted by atomic mass is 9.91. The van der Waals surface area contributed by atoms with Crippen LogP contribution < -0.4 is 15.5 Å². The number of aromatic nitrogens is 2. The number of rotatable bonds is 7. The van der Waals surface area contributed by atoms with Gasteiger partial charge in [0, 0.05) is 36.3 Å². The van der Waals surface area contributed by atoms with Gasteiger partial charge in [-0.15, -0.1) is 11.3 Å². The van der Waals surface area contributed by atoms with Gasteiger partial charge in [0.25, 0.3) is 0 Å². The number of fused-ring (bicyclic) bond motifs is 2. The van der Waals surface area contributed by atoms with E-state index >= 15 is 0 Å². The van der Waals surface area contributed by atoms with E-state index < -0.39 is 0 Å². The van der Waals surface area contributed by atoms with E-state index in [0.717, 1.165) is 48.5 Å². The van der Waals surface area contributed by atoms with Crippen LogP contribution in [-0.2, 0) is 6.42 Å². The van der Waals surface area contributed by atoms with Crippen molar-refractivity contribution in [1.29, 1.82) is 0 Å². The smallest absolute Gasteiger partial charge is 0.225 e. The summed E-state index contributed by atoms with van der Waals surface area (Å²) < 4.78 is 1.39. The molecular formula is C26H31N5S. The fraction of sp³-hybridized carbons (Fsp3) is 0.385. The number of thiophene rings is 1. The number of nitrogens with zero attached hydrogens (tertiary/aromatic N) is 3. The van der Waals surface area contributed by atoms with Gasteiger partial charge in [0.1, 0.15) is 5.82 Å².